The summed E-state index contributed by atoms with van der Waals surface area (Å²) >= 11 is 0. The molecule has 5 N–H and O–H groups in total. The van der Waals surface area contributed by atoms with Gasteiger partial charge in [-0.25, -0.2) is 0 Å². The zero-order valence-electron chi connectivity index (χ0n) is 10.3. The minimum atomic E-state index is -1.32. The van der Waals surface area contributed by atoms with Crippen molar-refractivity contribution in [3.05, 3.63) is 35.7 Å². The standard InChI is InChI=1S/C13H10N6O/c14-5-7-11(16)17-12(20)8(6-15)13(7)18-9-3-1-2-4-10(9)19-13/h1-4,8,18-19H,16H2,(H,17,20). The third kappa shape index (κ3) is 1.35. The van der Waals surface area contributed by atoms with E-state index in [1.54, 1.807) is 12.1 Å². The summed E-state index contributed by atoms with van der Waals surface area (Å²) in [4.78, 5) is 12.0. The van der Waals surface area contributed by atoms with Crippen LogP contribution in [0.25, 0.3) is 0 Å². The van der Waals surface area contributed by atoms with Crippen LogP contribution >= 0.6 is 0 Å². The van der Waals surface area contributed by atoms with Gasteiger partial charge in [-0.1, -0.05) is 12.1 Å². The highest BCUT2D eigenvalue weighted by atomic mass is 16.2. The van der Waals surface area contributed by atoms with Crippen LogP contribution in [-0.4, -0.2) is 11.6 Å². The molecule has 2 heterocycles. The zero-order chi connectivity index (χ0) is 14.3. The van der Waals surface area contributed by atoms with E-state index in [0.29, 0.717) is 11.4 Å². The summed E-state index contributed by atoms with van der Waals surface area (Å²) in [6.45, 7) is 0. The number of anilines is 2. The lowest BCUT2D eigenvalue weighted by molar-refractivity contribution is -0.124. The topological polar surface area (TPSA) is 127 Å². The number of amides is 1. The van der Waals surface area contributed by atoms with Crippen molar-refractivity contribution in [3.8, 4) is 12.1 Å². The highest BCUT2D eigenvalue weighted by Gasteiger charge is 2.54. The number of hydrogen-bond acceptors (Lipinski definition) is 6. The van der Waals surface area contributed by atoms with Crippen molar-refractivity contribution in [2.24, 2.45) is 11.7 Å². The van der Waals surface area contributed by atoms with E-state index in [1.807, 2.05) is 24.3 Å². The summed E-state index contributed by atoms with van der Waals surface area (Å²) in [6.07, 6.45) is 0. The number of nitrogens with zero attached hydrogens (tertiary/aromatic N) is 2. The second-order valence-electron chi connectivity index (χ2n) is 4.56. The van der Waals surface area contributed by atoms with Crippen molar-refractivity contribution in [3.63, 3.8) is 0 Å². The van der Waals surface area contributed by atoms with Crippen molar-refractivity contribution in [1.82, 2.24) is 5.32 Å². The Bertz CT molecular complexity index is 698. The van der Waals surface area contributed by atoms with E-state index in [2.05, 4.69) is 16.0 Å². The van der Waals surface area contributed by atoms with Gasteiger partial charge in [-0.05, 0) is 12.1 Å². The van der Waals surface area contributed by atoms with Crippen molar-refractivity contribution in [1.29, 1.82) is 10.5 Å². The van der Waals surface area contributed by atoms with Crippen LogP contribution in [0.15, 0.2) is 35.7 Å². The molecule has 0 aliphatic carbocycles. The summed E-state index contributed by atoms with van der Waals surface area (Å²) in [5, 5.41) is 27.1. The molecular weight excluding hydrogens is 256 g/mol. The third-order valence-corrected chi connectivity index (χ3v) is 3.45. The molecule has 20 heavy (non-hydrogen) atoms. The van der Waals surface area contributed by atoms with Crippen LogP contribution in [0.1, 0.15) is 0 Å². The Morgan fingerprint density at radius 1 is 1.20 bits per heavy atom. The highest BCUT2D eigenvalue weighted by Crippen LogP contribution is 2.43. The molecule has 7 nitrogen and oxygen atoms in total. The predicted molar refractivity (Wildman–Crippen MR) is 70.5 cm³/mol. The summed E-state index contributed by atoms with van der Waals surface area (Å²) in [7, 11) is 0. The minimum Gasteiger partial charge on any atom is -0.384 e. The van der Waals surface area contributed by atoms with Crippen molar-refractivity contribution in [2.45, 2.75) is 5.66 Å². The van der Waals surface area contributed by atoms with Crippen LogP contribution in [0.3, 0.4) is 0 Å². The lowest BCUT2D eigenvalue weighted by Crippen LogP contribution is -2.60. The lowest BCUT2D eigenvalue weighted by Gasteiger charge is -2.37. The van der Waals surface area contributed by atoms with Crippen LogP contribution in [0.4, 0.5) is 11.4 Å². The van der Waals surface area contributed by atoms with Crippen LogP contribution < -0.4 is 21.7 Å². The number of benzene rings is 1. The highest BCUT2D eigenvalue weighted by molar-refractivity contribution is 5.92. The van der Waals surface area contributed by atoms with Crippen LogP contribution in [0.2, 0.25) is 0 Å². The summed E-state index contributed by atoms with van der Waals surface area (Å²) in [6, 6.07) is 11.1. The molecule has 1 spiro atoms. The Balaban J connectivity index is 2.20. The van der Waals surface area contributed by atoms with E-state index in [4.69, 9.17) is 5.73 Å². The molecule has 2 aliphatic heterocycles. The molecule has 3 rings (SSSR count). The quantitative estimate of drug-likeness (QED) is 0.530. The minimum absolute atomic E-state index is 0.0446. The van der Waals surface area contributed by atoms with Crippen molar-refractivity contribution in [2.75, 3.05) is 10.6 Å². The molecule has 1 aromatic carbocycles. The SMILES string of the molecule is N#CC1=C(N)NC(=O)C(C#N)C12Nc1ccccc1N2. The van der Waals surface area contributed by atoms with Crippen molar-refractivity contribution >= 4 is 17.3 Å². The normalized spacial score (nSPS) is 22.1. The van der Waals surface area contributed by atoms with Gasteiger partial charge < -0.3 is 21.7 Å². The van der Waals surface area contributed by atoms with Crippen molar-refractivity contribution < 1.29 is 4.79 Å². The average molecular weight is 266 g/mol. The summed E-state index contributed by atoms with van der Waals surface area (Å²) in [5.74, 6) is -1.70. The maximum Gasteiger partial charge on any atom is 0.247 e. The van der Waals surface area contributed by atoms with E-state index in [9.17, 15) is 15.3 Å². The monoisotopic (exact) mass is 266 g/mol. The number of nitrogens with two attached hydrogens (primary N) is 1. The number of rotatable bonds is 0. The Morgan fingerprint density at radius 2 is 1.80 bits per heavy atom. The maximum atomic E-state index is 12.0. The number of carbonyl (C=O) groups excluding carboxylic acids is 1. The van der Waals surface area contributed by atoms with Gasteiger partial charge in [0.2, 0.25) is 5.91 Å². The molecule has 1 amide bonds. The van der Waals surface area contributed by atoms with Gasteiger partial charge in [-0.15, -0.1) is 0 Å². The Kier molecular flexibility index (Phi) is 2.32. The third-order valence-electron chi connectivity index (χ3n) is 3.45. The summed E-state index contributed by atoms with van der Waals surface area (Å²) in [5.41, 5.74) is 5.92. The van der Waals surface area contributed by atoms with E-state index in [-0.39, 0.29) is 11.4 Å². The molecular formula is C13H10N6O. The molecule has 0 saturated carbocycles. The van der Waals surface area contributed by atoms with E-state index in [1.165, 1.54) is 0 Å². The zero-order valence-corrected chi connectivity index (χ0v) is 10.3. The Labute approximate surface area is 114 Å². The van der Waals surface area contributed by atoms with Gasteiger partial charge >= 0.3 is 0 Å². The number of hydrogen-bond donors (Lipinski definition) is 4. The fourth-order valence-corrected chi connectivity index (χ4v) is 2.55. The first-order valence-electron chi connectivity index (χ1n) is 5.88. The lowest BCUT2D eigenvalue weighted by atomic mass is 9.83. The van der Waals surface area contributed by atoms with Gasteiger partial charge in [0.1, 0.15) is 17.5 Å². The molecule has 7 heteroatoms. The van der Waals surface area contributed by atoms with Crippen LogP contribution in [-0.2, 0) is 4.79 Å². The molecule has 1 unspecified atom stereocenters. The molecule has 0 fully saturated rings. The molecule has 0 bridgehead atoms. The maximum absolute atomic E-state index is 12.0. The molecule has 0 aromatic heterocycles. The van der Waals surface area contributed by atoms with E-state index < -0.39 is 17.5 Å². The van der Waals surface area contributed by atoms with Gasteiger partial charge in [-0.2, -0.15) is 10.5 Å². The molecule has 98 valence electrons. The first-order chi connectivity index (χ1) is 9.62. The average Bonchev–Trinajstić information content (AvgIpc) is 2.78. The van der Waals surface area contributed by atoms with Gasteiger partial charge in [-0.3, -0.25) is 4.79 Å². The molecule has 1 aromatic rings. The largest absolute Gasteiger partial charge is 0.384 e. The number of nitrogens with one attached hydrogen (secondary N) is 3. The fourth-order valence-electron chi connectivity index (χ4n) is 2.55. The second kappa shape index (κ2) is 3.90. The molecule has 0 radical (unpaired) electrons. The smallest absolute Gasteiger partial charge is 0.247 e. The second-order valence-corrected chi connectivity index (χ2v) is 4.56. The molecule has 2 aliphatic rings. The first kappa shape index (κ1) is 11.9. The predicted octanol–water partition coefficient (Wildman–Crippen LogP) is 0.184. The summed E-state index contributed by atoms with van der Waals surface area (Å²) < 4.78 is 0. The van der Waals surface area contributed by atoms with Crippen LogP contribution in [0, 0.1) is 28.6 Å². The van der Waals surface area contributed by atoms with Gasteiger partial charge in [0, 0.05) is 0 Å². The number of fused-ring (bicyclic) bond motifs is 1. The number of nitriles is 2. The van der Waals surface area contributed by atoms with Gasteiger partial charge in [0.15, 0.2) is 11.6 Å². The molecule has 0 saturated heterocycles. The first-order valence-corrected chi connectivity index (χ1v) is 5.88. The van der Waals surface area contributed by atoms with E-state index in [0.717, 1.165) is 0 Å². The Morgan fingerprint density at radius 3 is 2.30 bits per heavy atom. The molecule has 1 atom stereocenters. The van der Waals surface area contributed by atoms with Crippen LogP contribution in [0.5, 0.6) is 0 Å². The number of para-hydroxylation sites is 2. The van der Waals surface area contributed by atoms with Gasteiger partial charge in [0.25, 0.3) is 0 Å². The fraction of sp³-hybridized carbons (Fsp3) is 0.154. The van der Waals surface area contributed by atoms with E-state index >= 15 is 0 Å². The number of carbonyl (C=O) groups is 1. The Hall–Kier alpha value is -3.19. The van der Waals surface area contributed by atoms with Gasteiger partial charge in [0.05, 0.1) is 17.4 Å².